The first kappa shape index (κ1) is 9.39. The minimum atomic E-state index is -1.84. The van der Waals surface area contributed by atoms with E-state index in [1.807, 2.05) is 0 Å². The van der Waals surface area contributed by atoms with Crippen LogP contribution in [0.5, 0.6) is 0 Å². The van der Waals surface area contributed by atoms with Crippen molar-refractivity contribution in [2.45, 2.75) is 28.7 Å². The second-order valence-electron chi connectivity index (χ2n) is 2.05. The van der Waals surface area contributed by atoms with Gasteiger partial charge in [-0.3, -0.25) is 0 Å². The Balaban J connectivity index is 3.43. The van der Waals surface area contributed by atoms with E-state index in [0.29, 0.717) is 0 Å². The Morgan fingerprint density at radius 3 is 2.00 bits per heavy atom. The molecule has 0 saturated carbocycles. The summed E-state index contributed by atoms with van der Waals surface area (Å²) in [5.41, 5.74) is 0. The predicted molar refractivity (Wildman–Crippen MR) is 38.5 cm³/mol. The third-order valence-corrected chi connectivity index (χ3v) is 10.9. The molecule has 0 saturated heterocycles. The van der Waals surface area contributed by atoms with Gasteiger partial charge in [-0.2, -0.15) is 0 Å². The fourth-order valence-electron chi connectivity index (χ4n) is 0.690. The molecule has 0 aromatic heterocycles. The van der Waals surface area contributed by atoms with Crippen LogP contribution in [-0.4, -0.2) is 29.1 Å². The van der Waals surface area contributed by atoms with Gasteiger partial charge in [-0.25, -0.2) is 0 Å². The van der Waals surface area contributed by atoms with Gasteiger partial charge in [-0.1, -0.05) is 0 Å². The molecule has 0 unspecified atom stereocenters. The van der Waals surface area contributed by atoms with Crippen molar-refractivity contribution in [2.24, 2.45) is 0 Å². The quantitative estimate of drug-likeness (QED) is 0.738. The molecule has 52 valence electrons. The Bertz CT molecular complexity index is 89.1. The van der Waals surface area contributed by atoms with Gasteiger partial charge in [0, 0.05) is 0 Å². The summed E-state index contributed by atoms with van der Waals surface area (Å²) < 4.78 is 7.40. The summed E-state index contributed by atoms with van der Waals surface area (Å²) in [6, 6.07) is 0. The van der Waals surface area contributed by atoms with Crippen LogP contribution in [0.2, 0.25) is 7.96 Å². The topological polar surface area (TPSA) is 26.3 Å². The number of carbonyl (C=O) groups excluding carboxylic acids is 1. The Labute approximate surface area is 65.4 Å². The molecule has 9 heavy (non-hydrogen) atoms. The second-order valence-corrected chi connectivity index (χ2v) is 14.1. The molecule has 0 heterocycles. The first-order chi connectivity index (χ1) is 4.20. The van der Waals surface area contributed by atoms with E-state index < -0.39 is 23.2 Å². The molecule has 0 aliphatic carbocycles. The molecule has 0 radical (unpaired) electrons. The molecule has 0 atom stereocenters. The average molecular weight is 322 g/mol. The van der Waals surface area contributed by atoms with Gasteiger partial charge in [-0.05, 0) is 0 Å². The normalized spacial score (nSPS) is 8.78. The summed E-state index contributed by atoms with van der Waals surface area (Å²) in [6.45, 7) is 5.72. The molecule has 0 fully saturated rings. The zero-order valence-electron chi connectivity index (χ0n) is 6.31. The van der Waals surface area contributed by atoms with Gasteiger partial charge in [0.15, 0.2) is 0 Å². The number of carbonyl (C=O) groups is 1. The zero-order chi connectivity index (χ0) is 7.28. The van der Waals surface area contributed by atoms with Crippen LogP contribution in [0.15, 0.2) is 0 Å². The molecule has 2 nitrogen and oxygen atoms in total. The van der Waals surface area contributed by atoms with Crippen molar-refractivity contribution in [1.29, 1.82) is 0 Å². The van der Waals surface area contributed by atoms with Crippen LogP contribution in [0.25, 0.3) is 0 Å². The van der Waals surface area contributed by atoms with Crippen molar-refractivity contribution in [2.75, 3.05) is 0 Å². The van der Waals surface area contributed by atoms with Crippen molar-refractivity contribution >= 4 is 29.1 Å². The molecule has 0 aliphatic rings. The average Bonchev–Trinajstić information content (AvgIpc) is 1.82. The van der Waals surface area contributed by atoms with Gasteiger partial charge >= 0.3 is 65.3 Å². The van der Waals surface area contributed by atoms with Crippen LogP contribution < -0.4 is 0 Å². The van der Waals surface area contributed by atoms with Gasteiger partial charge in [0.1, 0.15) is 0 Å². The van der Waals surface area contributed by atoms with Gasteiger partial charge in [0.05, 0.1) is 0 Å². The van der Waals surface area contributed by atoms with E-state index >= 15 is 0 Å². The monoisotopic (exact) mass is 322 g/mol. The molecular formula is C6H13O2Tl. The van der Waals surface area contributed by atoms with Crippen molar-refractivity contribution in [3.05, 3.63) is 0 Å². The standard InChI is InChI=1S/C2H4O2.2C2H5.Tl/c1-2(3)4;2*1-2;/h1H3,(H,3,4);2*1H2,2H3;/q;;;+1/p-1. The zero-order valence-corrected chi connectivity index (χ0v) is 10.8. The molecule has 0 N–H and O–H groups in total. The number of rotatable bonds is 3. The summed E-state index contributed by atoms with van der Waals surface area (Å²) in [5.74, 6) is -0.0784. The number of hydrogen-bond donors (Lipinski definition) is 0. The Morgan fingerprint density at radius 1 is 1.44 bits per heavy atom. The van der Waals surface area contributed by atoms with E-state index in [1.54, 1.807) is 0 Å². The third kappa shape index (κ3) is 4.87. The number of hydrogen-bond acceptors (Lipinski definition) is 2. The maximum atomic E-state index is 10.4. The molecule has 0 aromatic rings. The first-order valence-corrected chi connectivity index (χ1v) is 11.6. The summed E-state index contributed by atoms with van der Waals surface area (Å²) in [5, 5.41) is 0. The van der Waals surface area contributed by atoms with E-state index in [-0.39, 0.29) is 5.97 Å². The van der Waals surface area contributed by atoms with Crippen molar-refractivity contribution in [3.8, 4) is 0 Å². The molecule has 0 spiro atoms. The van der Waals surface area contributed by atoms with Crippen LogP contribution in [0.1, 0.15) is 20.8 Å². The Hall–Kier alpha value is 0.392. The van der Waals surface area contributed by atoms with Crippen LogP contribution in [0, 0.1) is 0 Å². The third-order valence-electron chi connectivity index (χ3n) is 1.24. The Morgan fingerprint density at radius 2 is 1.89 bits per heavy atom. The summed E-state index contributed by atoms with van der Waals surface area (Å²) in [6.07, 6.45) is 0. The van der Waals surface area contributed by atoms with Crippen LogP contribution >= 0.6 is 0 Å². The summed E-state index contributed by atoms with van der Waals surface area (Å²) in [7, 11) is 0. The SMILES string of the molecule is C[CH2][Tl]([CH2]C)[O]C(C)=O. The van der Waals surface area contributed by atoms with E-state index in [2.05, 4.69) is 13.8 Å². The van der Waals surface area contributed by atoms with Gasteiger partial charge in [0.25, 0.3) is 0 Å². The molecular weight excluding hydrogens is 308 g/mol. The van der Waals surface area contributed by atoms with Crippen molar-refractivity contribution in [3.63, 3.8) is 0 Å². The van der Waals surface area contributed by atoms with Crippen LogP contribution in [-0.2, 0) is 7.48 Å². The molecule has 3 heteroatoms. The van der Waals surface area contributed by atoms with Gasteiger partial charge in [0.2, 0.25) is 0 Å². The fraction of sp³-hybridized carbons (Fsp3) is 0.833. The van der Waals surface area contributed by atoms with Gasteiger partial charge < -0.3 is 0 Å². The van der Waals surface area contributed by atoms with Crippen molar-refractivity contribution in [1.82, 2.24) is 0 Å². The van der Waals surface area contributed by atoms with Gasteiger partial charge in [-0.15, -0.1) is 0 Å². The van der Waals surface area contributed by atoms with Crippen LogP contribution in [0.3, 0.4) is 0 Å². The molecule has 0 rings (SSSR count). The molecule has 0 aromatic carbocycles. The van der Waals surface area contributed by atoms with E-state index in [9.17, 15) is 4.79 Å². The fourth-order valence-corrected chi connectivity index (χ4v) is 6.06. The first-order valence-electron chi connectivity index (χ1n) is 3.37. The second kappa shape index (κ2) is 5.20. The van der Waals surface area contributed by atoms with E-state index in [0.717, 1.165) is 7.96 Å². The van der Waals surface area contributed by atoms with E-state index in [4.69, 9.17) is 2.69 Å². The summed E-state index contributed by atoms with van der Waals surface area (Å²) in [4.78, 5) is 10.4. The molecule has 0 amide bonds. The summed E-state index contributed by atoms with van der Waals surface area (Å²) >= 11 is -1.84. The van der Waals surface area contributed by atoms with E-state index in [1.165, 1.54) is 6.92 Å². The minimum absolute atomic E-state index is 0.0784. The predicted octanol–water partition coefficient (Wildman–Crippen LogP) is 1.58. The molecule has 0 bridgehead atoms. The maximum absolute atomic E-state index is 10.4. The Kier molecular flexibility index (Phi) is 5.42. The van der Waals surface area contributed by atoms with Crippen molar-refractivity contribution < 1.29 is 7.48 Å². The molecule has 0 aliphatic heterocycles. The van der Waals surface area contributed by atoms with Crippen LogP contribution in [0.4, 0.5) is 0 Å².